The van der Waals surface area contributed by atoms with Gasteiger partial charge in [0.25, 0.3) is 5.91 Å². The van der Waals surface area contributed by atoms with Crippen LogP contribution in [-0.4, -0.2) is 29.0 Å². The van der Waals surface area contributed by atoms with E-state index in [1.807, 2.05) is 41.3 Å². The zero-order chi connectivity index (χ0) is 15.5. The second-order valence-electron chi connectivity index (χ2n) is 5.64. The molecule has 1 aliphatic rings. The SMILES string of the molecule is O=C(c1ccccc1I)N1CCC(c2ccc(O)cc2)CC1. The third-order valence-electron chi connectivity index (χ3n) is 4.25. The minimum atomic E-state index is 0.133. The van der Waals surface area contributed by atoms with E-state index in [1.54, 1.807) is 12.1 Å². The van der Waals surface area contributed by atoms with Crippen molar-refractivity contribution in [3.63, 3.8) is 0 Å². The van der Waals surface area contributed by atoms with E-state index in [9.17, 15) is 9.90 Å². The molecule has 4 heteroatoms. The minimum Gasteiger partial charge on any atom is -0.508 e. The van der Waals surface area contributed by atoms with Crippen molar-refractivity contribution in [2.45, 2.75) is 18.8 Å². The van der Waals surface area contributed by atoms with Gasteiger partial charge in [-0.15, -0.1) is 0 Å². The number of carbonyl (C=O) groups excluding carboxylic acids is 1. The highest BCUT2D eigenvalue weighted by Gasteiger charge is 2.25. The predicted molar refractivity (Wildman–Crippen MR) is 95.1 cm³/mol. The van der Waals surface area contributed by atoms with E-state index in [2.05, 4.69) is 22.6 Å². The molecule has 1 aliphatic heterocycles. The molecule has 0 unspecified atom stereocenters. The first-order chi connectivity index (χ1) is 10.6. The standard InChI is InChI=1S/C18H18INO2/c19-17-4-2-1-3-16(17)18(22)20-11-9-14(10-12-20)13-5-7-15(21)8-6-13/h1-8,14,21H,9-12H2. The molecule has 0 saturated carbocycles. The number of hydrogen-bond donors (Lipinski definition) is 1. The summed E-state index contributed by atoms with van der Waals surface area (Å²) in [6, 6.07) is 15.2. The average molecular weight is 407 g/mol. The Balaban J connectivity index is 1.65. The van der Waals surface area contributed by atoms with Crippen LogP contribution in [0.15, 0.2) is 48.5 Å². The second kappa shape index (κ2) is 6.69. The van der Waals surface area contributed by atoms with E-state index >= 15 is 0 Å². The number of nitrogens with zero attached hydrogens (tertiary/aromatic N) is 1. The van der Waals surface area contributed by atoms with E-state index in [-0.39, 0.29) is 5.91 Å². The molecule has 0 spiro atoms. The summed E-state index contributed by atoms with van der Waals surface area (Å²) in [5, 5.41) is 9.37. The van der Waals surface area contributed by atoms with Gasteiger partial charge in [-0.25, -0.2) is 0 Å². The van der Waals surface area contributed by atoms with Crippen molar-refractivity contribution in [1.82, 2.24) is 4.90 Å². The predicted octanol–water partition coefficient (Wildman–Crippen LogP) is 4.02. The van der Waals surface area contributed by atoms with Gasteiger partial charge in [0.2, 0.25) is 0 Å². The van der Waals surface area contributed by atoms with Crippen LogP contribution >= 0.6 is 22.6 Å². The zero-order valence-electron chi connectivity index (χ0n) is 12.2. The monoisotopic (exact) mass is 407 g/mol. The number of phenols is 1. The molecule has 1 N–H and O–H groups in total. The highest BCUT2D eigenvalue weighted by molar-refractivity contribution is 14.1. The summed E-state index contributed by atoms with van der Waals surface area (Å²) in [4.78, 5) is 14.5. The number of benzene rings is 2. The first-order valence-electron chi connectivity index (χ1n) is 7.48. The lowest BCUT2D eigenvalue weighted by Crippen LogP contribution is -2.38. The van der Waals surface area contributed by atoms with Crippen molar-refractivity contribution >= 4 is 28.5 Å². The summed E-state index contributed by atoms with van der Waals surface area (Å²) < 4.78 is 1.01. The van der Waals surface area contributed by atoms with Gasteiger partial charge in [0.05, 0.1) is 5.56 Å². The molecule has 3 nitrogen and oxygen atoms in total. The van der Waals surface area contributed by atoms with Gasteiger partial charge < -0.3 is 10.0 Å². The van der Waals surface area contributed by atoms with Gasteiger partial charge in [-0.1, -0.05) is 24.3 Å². The number of phenolic OH excluding ortho intramolecular Hbond substituents is 1. The number of carbonyl (C=O) groups is 1. The van der Waals surface area contributed by atoms with Crippen molar-refractivity contribution in [2.24, 2.45) is 0 Å². The van der Waals surface area contributed by atoms with Crippen molar-refractivity contribution in [3.8, 4) is 5.75 Å². The highest BCUT2D eigenvalue weighted by Crippen LogP contribution is 2.30. The molecule has 0 aromatic heterocycles. The topological polar surface area (TPSA) is 40.5 Å². The van der Waals surface area contributed by atoms with E-state index in [0.717, 1.165) is 35.1 Å². The molecule has 2 aromatic rings. The van der Waals surface area contributed by atoms with Crippen molar-refractivity contribution in [3.05, 3.63) is 63.2 Å². The minimum absolute atomic E-state index is 0.133. The van der Waals surface area contributed by atoms with Crippen molar-refractivity contribution in [1.29, 1.82) is 0 Å². The summed E-state index contributed by atoms with van der Waals surface area (Å²) in [6.07, 6.45) is 1.94. The van der Waals surface area contributed by atoms with Gasteiger partial charge >= 0.3 is 0 Å². The van der Waals surface area contributed by atoms with Crippen molar-refractivity contribution < 1.29 is 9.90 Å². The molecular weight excluding hydrogens is 389 g/mol. The van der Waals surface area contributed by atoms with Crippen LogP contribution < -0.4 is 0 Å². The van der Waals surface area contributed by atoms with E-state index in [0.29, 0.717) is 11.7 Å². The summed E-state index contributed by atoms with van der Waals surface area (Å²) >= 11 is 2.22. The summed E-state index contributed by atoms with van der Waals surface area (Å²) in [7, 11) is 0. The third-order valence-corrected chi connectivity index (χ3v) is 5.19. The largest absolute Gasteiger partial charge is 0.508 e. The molecule has 1 heterocycles. The van der Waals surface area contributed by atoms with Gasteiger partial charge in [-0.05, 0) is 71.2 Å². The number of rotatable bonds is 2. The number of halogens is 1. The first kappa shape index (κ1) is 15.3. The molecule has 2 aromatic carbocycles. The van der Waals surface area contributed by atoms with Crippen LogP contribution in [0.3, 0.4) is 0 Å². The molecule has 22 heavy (non-hydrogen) atoms. The number of likely N-dealkylation sites (tertiary alicyclic amines) is 1. The van der Waals surface area contributed by atoms with Gasteiger partial charge in [0, 0.05) is 16.7 Å². The molecule has 0 aliphatic carbocycles. The fourth-order valence-electron chi connectivity index (χ4n) is 2.97. The summed E-state index contributed by atoms with van der Waals surface area (Å²) in [6.45, 7) is 1.57. The van der Waals surface area contributed by atoms with Crippen LogP contribution in [0.1, 0.15) is 34.7 Å². The molecule has 114 valence electrons. The number of piperidine rings is 1. The Bertz CT molecular complexity index is 661. The van der Waals surface area contributed by atoms with E-state index < -0.39 is 0 Å². The van der Waals surface area contributed by atoms with Crippen LogP contribution in [0.2, 0.25) is 0 Å². The van der Waals surface area contributed by atoms with E-state index in [1.165, 1.54) is 5.56 Å². The van der Waals surface area contributed by atoms with Crippen LogP contribution in [0.25, 0.3) is 0 Å². The van der Waals surface area contributed by atoms with Gasteiger partial charge in [0.1, 0.15) is 5.75 Å². The lowest BCUT2D eigenvalue weighted by Gasteiger charge is -2.32. The lowest BCUT2D eigenvalue weighted by atomic mass is 9.89. The molecule has 1 fully saturated rings. The third kappa shape index (κ3) is 3.27. The fraction of sp³-hybridized carbons (Fsp3) is 0.278. The van der Waals surface area contributed by atoms with E-state index in [4.69, 9.17) is 0 Å². The Hall–Kier alpha value is -1.56. The lowest BCUT2D eigenvalue weighted by molar-refractivity contribution is 0.0712. The Morgan fingerprint density at radius 1 is 1.05 bits per heavy atom. The maximum absolute atomic E-state index is 12.6. The highest BCUT2D eigenvalue weighted by atomic mass is 127. The molecule has 0 bridgehead atoms. The molecule has 3 rings (SSSR count). The van der Waals surface area contributed by atoms with Gasteiger partial charge in [0.15, 0.2) is 0 Å². The molecule has 0 radical (unpaired) electrons. The normalized spacial score (nSPS) is 15.8. The summed E-state index contributed by atoms with van der Waals surface area (Å²) in [5.74, 6) is 0.906. The van der Waals surface area contributed by atoms with Crippen LogP contribution in [0, 0.1) is 3.57 Å². The van der Waals surface area contributed by atoms with Crippen molar-refractivity contribution in [2.75, 3.05) is 13.1 Å². The Morgan fingerprint density at radius 3 is 2.32 bits per heavy atom. The Labute approximate surface area is 144 Å². The molecule has 1 saturated heterocycles. The first-order valence-corrected chi connectivity index (χ1v) is 8.56. The Kier molecular flexibility index (Phi) is 4.66. The summed E-state index contributed by atoms with van der Waals surface area (Å²) in [5.41, 5.74) is 2.05. The Morgan fingerprint density at radius 2 is 1.68 bits per heavy atom. The maximum atomic E-state index is 12.6. The number of aromatic hydroxyl groups is 1. The second-order valence-corrected chi connectivity index (χ2v) is 6.80. The zero-order valence-corrected chi connectivity index (χ0v) is 14.4. The molecule has 1 amide bonds. The van der Waals surface area contributed by atoms with Gasteiger partial charge in [-0.2, -0.15) is 0 Å². The smallest absolute Gasteiger partial charge is 0.254 e. The average Bonchev–Trinajstić information content (AvgIpc) is 2.56. The fourth-order valence-corrected chi connectivity index (χ4v) is 3.59. The molecule has 0 atom stereocenters. The number of amides is 1. The number of hydrogen-bond acceptors (Lipinski definition) is 2. The molecular formula is C18H18INO2. The van der Waals surface area contributed by atoms with Crippen LogP contribution in [-0.2, 0) is 0 Å². The van der Waals surface area contributed by atoms with Gasteiger partial charge in [-0.3, -0.25) is 4.79 Å². The quantitative estimate of drug-likeness (QED) is 0.765. The van der Waals surface area contributed by atoms with Crippen LogP contribution in [0.5, 0.6) is 5.75 Å². The van der Waals surface area contributed by atoms with Crippen LogP contribution in [0.4, 0.5) is 0 Å². The maximum Gasteiger partial charge on any atom is 0.254 e.